The van der Waals surface area contributed by atoms with Crippen LogP contribution in [-0.4, -0.2) is 30.9 Å². The van der Waals surface area contributed by atoms with E-state index in [2.05, 4.69) is 0 Å². The van der Waals surface area contributed by atoms with Crippen molar-refractivity contribution in [2.45, 2.75) is 26.2 Å². The molecular formula is C22H23ClO5. The first-order valence-electron chi connectivity index (χ1n) is 9.14. The number of ketones is 1. The second-order valence-corrected chi connectivity index (χ2v) is 6.57. The van der Waals surface area contributed by atoms with Crippen LogP contribution in [0.15, 0.2) is 54.6 Å². The van der Waals surface area contributed by atoms with E-state index in [4.69, 9.17) is 21.1 Å². The molecule has 0 fully saturated rings. The Balaban J connectivity index is 2.44. The second kappa shape index (κ2) is 10.6. The topological polar surface area (TPSA) is 69.7 Å². The van der Waals surface area contributed by atoms with Gasteiger partial charge in [-0.15, -0.1) is 0 Å². The first kappa shape index (κ1) is 21.6. The minimum Gasteiger partial charge on any atom is -0.465 e. The number of Topliss-reactive ketones (excluding diaryl/α,β-unsaturated/α-hetero) is 1. The van der Waals surface area contributed by atoms with Crippen LogP contribution in [0.1, 0.15) is 42.1 Å². The number of halogens is 1. The van der Waals surface area contributed by atoms with Crippen molar-refractivity contribution in [1.82, 2.24) is 0 Å². The van der Waals surface area contributed by atoms with Crippen LogP contribution in [0, 0.1) is 5.92 Å². The minimum atomic E-state index is -1.24. The Morgan fingerprint density at radius 2 is 1.39 bits per heavy atom. The van der Waals surface area contributed by atoms with Crippen molar-refractivity contribution < 1.29 is 23.9 Å². The van der Waals surface area contributed by atoms with Gasteiger partial charge >= 0.3 is 11.9 Å². The van der Waals surface area contributed by atoms with Crippen molar-refractivity contribution in [2.75, 3.05) is 13.2 Å². The fourth-order valence-corrected chi connectivity index (χ4v) is 3.09. The average Bonchev–Trinajstić information content (AvgIpc) is 2.69. The van der Waals surface area contributed by atoms with Gasteiger partial charge in [0.1, 0.15) is 0 Å². The summed E-state index contributed by atoms with van der Waals surface area (Å²) in [4.78, 5) is 38.0. The molecule has 0 saturated heterocycles. The third kappa shape index (κ3) is 5.67. The Kier molecular flexibility index (Phi) is 8.20. The molecule has 2 rings (SSSR count). The van der Waals surface area contributed by atoms with Gasteiger partial charge in [-0.05, 0) is 31.5 Å². The number of rotatable bonds is 9. The molecule has 5 nitrogen and oxygen atoms in total. The van der Waals surface area contributed by atoms with Gasteiger partial charge in [0.05, 0.1) is 13.2 Å². The van der Waals surface area contributed by atoms with Crippen LogP contribution >= 0.6 is 11.6 Å². The van der Waals surface area contributed by atoms with Crippen LogP contribution in [0.25, 0.3) is 0 Å². The van der Waals surface area contributed by atoms with Crippen molar-refractivity contribution in [1.29, 1.82) is 0 Å². The van der Waals surface area contributed by atoms with Gasteiger partial charge in [0.25, 0.3) is 0 Å². The zero-order chi connectivity index (χ0) is 20.5. The summed E-state index contributed by atoms with van der Waals surface area (Å²) in [6.07, 6.45) is -0.0477. The van der Waals surface area contributed by atoms with Gasteiger partial charge in [-0.1, -0.05) is 54.1 Å². The molecule has 148 valence electrons. The molecule has 0 saturated carbocycles. The lowest BCUT2D eigenvalue weighted by Gasteiger charge is -2.24. The molecule has 0 amide bonds. The lowest BCUT2D eigenvalue weighted by atomic mass is 9.81. The molecule has 0 aliphatic rings. The highest BCUT2D eigenvalue weighted by atomic mass is 35.5. The molecule has 0 aromatic heterocycles. The van der Waals surface area contributed by atoms with E-state index in [0.717, 1.165) is 0 Å². The summed E-state index contributed by atoms with van der Waals surface area (Å²) < 4.78 is 10.2. The highest BCUT2D eigenvalue weighted by Crippen LogP contribution is 2.32. The second-order valence-electron chi connectivity index (χ2n) is 6.13. The molecule has 0 spiro atoms. The molecule has 6 heteroatoms. The largest absolute Gasteiger partial charge is 0.465 e. The third-order valence-electron chi connectivity index (χ3n) is 4.28. The first-order valence-corrected chi connectivity index (χ1v) is 9.52. The van der Waals surface area contributed by atoms with Gasteiger partial charge in [-0.3, -0.25) is 14.4 Å². The van der Waals surface area contributed by atoms with Gasteiger partial charge < -0.3 is 9.47 Å². The predicted molar refractivity (Wildman–Crippen MR) is 106 cm³/mol. The van der Waals surface area contributed by atoms with Crippen LogP contribution in [0.3, 0.4) is 0 Å². The first-order chi connectivity index (χ1) is 13.5. The molecule has 2 aromatic carbocycles. The zero-order valence-electron chi connectivity index (χ0n) is 15.9. The average molecular weight is 403 g/mol. The monoisotopic (exact) mass is 402 g/mol. The molecule has 0 radical (unpaired) electrons. The van der Waals surface area contributed by atoms with E-state index in [9.17, 15) is 14.4 Å². The van der Waals surface area contributed by atoms with Gasteiger partial charge in [0.15, 0.2) is 11.7 Å². The van der Waals surface area contributed by atoms with Gasteiger partial charge in [-0.2, -0.15) is 0 Å². The van der Waals surface area contributed by atoms with Crippen LogP contribution in [0.4, 0.5) is 0 Å². The summed E-state index contributed by atoms with van der Waals surface area (Å²) in [6, 6.07) is 15.5. The number of carbonyl (C=O) groups excluding carboxylic acids is 3. The maximum Gasteiger partial charge on any atom is 0.320 e. The number of hydrogen-bond donors (Lipinski definition) is 0. The zero-order valence-corrected chi connectivity index (χ0v) is 16.6. The fourth-order valence-electron chi connectivity index (χ4n) is 2.97. The molecule has 0 heterocycles. The van der Waals surface area contributed by atoms with E-state index in [1.54, 1.807) is 62.4 Å². The molecule has 0 aliphatic heterocycles. The molecule has 0 unspecified atom stereocenters. The van der Waals surface area contributed by atoms with Crippen LogP contribution in [-0.2, 0) is 19.1 Å². The molecule has 1 atom stereocenters. The van der Waals surface area contributed by atoms with Gasteiger partial charge in [0, 0.05) is 22.9 Å². The normalized spacial score (nSPS) is 11.7. The van der Waals surface area contributed by atoms with Crippen molar-refractivity contribution in [3.8, 4) is 0 Å². The molecular weight excluding hydrogens is 380 g/mol. The van der Waals surface area contributed by atoms with E-state index < -0.39 is 23.8 Å². The van der Waals surface area contributed by atoms with Crippen LogP contribution in [0.5, 0.6) is 0 Å². The van der Waals surface area contributed by atoms with Gasteiger partial charge in [-0.25, -0.2) is 0 Å². The SMILES string of the molecule is CCOC(=O)C(C(=O)OCC)[C@@H](CC(=O)c1ccccc1)c1ccc(Cl)cc1. The minimum absolute atomic E-state index is 0.0477. The number of carbonyl (C=O) groups is 3. The molecule has 2 aromatic rings. The highest BCUT2D eigenvalue weighted by molar-refractivity contribution is 6.30. The smallest absolute Gasteiger partial charge is 0.320 e. The Morgan fingerprint density at radius 1 is 0.857 bits per heavy atom. The number of esters is 2. The Morgan fingerprint density at radius 3 is 1.89 bits per heavy atom. The lowest BCUT2D eigenvalue weighted by Crippen LogP contribution is -2.34. The predicted octanol–water partition coefficient (Wildman–Crippen LogP) is 4.44. The standard InChI is InChI=1S/C22H23ClO5/c1-3-27-21(25)20(22(26)28-4-2)18(15-10-12-17(23)13-11-15)14-19(24)16-8-6-5-7-9-16/h5-13,18,20H,3-4,14H2,1-2H3/t18-/m0/s1. The van der Waals surface area contributed by atoms with Crippen molar-refractivity contribution in [3.05, 3.63) is 70.7 Å². The van der Waals surface area contributed by atoms with E-state index in [0.29, 0.717) is 16.1 Å². The summed E-state index contributed by atoms with van der Waals surface area (Å²) in [5.41, 5.74) is 1.15. The number of benzene rings is 2. The van der Waals surface area contributed by atoms with E-state index >= 15 is 0 Å². The van der Waals surface area contributed by atoms with E-state index in [1.807, 2.05) is 6.07 Å². The number of hydrogen-bond acceptors (Lipinski definition) is 5. The molecule has 0 bridgehead atoms. The van der Waals surface area contributed by atoms with E-state index in [-0.39, 0.29) is 25.4 Å². The maximum atomic E-state index is 12.8. The Hall–Kier alpha value is -2.66. The summed E-state index contributed by atoms with van der Waals surface area (Å²) in [5, 5.41) is 0.515. The summed E-state index contributed by atoms with van der Waals surface area (Å²) in [6.45, 7) is 3.56. The number of ether oxygens (including phenoxy) is 2. The lowest BCUT2D eigenvalue weighted by molar-refractivity contribution is -0.162. The fraction of sp³-hybridized carbons (Fsp3) is 0.318. The molecule has 28 heavy (non-hydrogen) atoms. The summed E-state index contributed by atoms with van der Waals surface area (Å²) in [7, 11) is 0. The maximum absolute atomic E-state index is 12.8. The van der Waals surface area contributed by atoms with Crippen molar-refractivity contribution in [2.24, 2.45) is 5.92 Å². The van der Waals surface area contributed by atoms with Crippen molar-refractivity contribution in [3.63, 3.8) is 0 Å². The van der Waals surface area contributed by atoms with Crippen molar-refractivity contribution >= 4 is 29.3 Å². The Labute approximate surface area is 169 Å². The quantitative estimate of drug-likeness (QED) is 0.352. The third-order valence-corrected chi connectivity index (χ3v) is 4.53. The van der Waals surface area contributed by atoms with Crippen LogP contribution in [0.2, 0.25) is 5.02 Å². The van der Waals surface area contributed by atoms with Crippen LogP contribution < -0.4 is 0 Å². The highest BCUT2D eigenvalue weighted by Gasteiger charge is 2.39. The molecule has 0 N–H and O–H groups in total. The molecule has 0 aliphatic carbocycles. The van der Waals surface area contributed by atoms with E-state index in [1.165, 1.54) is 0 Å². The summed E-state index contributed by atoms with van der Waals surface area (Å²) in [5.74, 6) is -3.57. The summed E-state index contributed by atoms with van der Waals surface area (Å²) >= 11 is 5.97. The Bertz CT molecular complexity index is 783. The van der Waals surface area contributed by atoms with Gasteiger partial charge in [0.2, 0.25) is 0 Å².